The molecule has 8 N–H and O–H groups in total. The smallest absolute Gasteiger partial charge is 0.302 e. The molecule has 7 aliphatic rings. The fourth-order valence-corrected chi connectivity index (χ4v) is 14.3. The second-order valence-electron chi connectivity index (χ2n) is 21.8. The molecule has 340 valence electrons. The Labute approximate surface area is 349 Å². The third-order valence-electron chi connectivity index (χ3n) is 17.6. The van der Waals surface area contributed by atoms with Gasteiger partial charge in [0, 0.05) is 6.92 Å². The predicted octanol–water partition coefficient (Wildman–Crippen LogP) is 1.93. The van der Waals surface area contributed by atoms with Gasteiger partial charge in [-0.2, -0.15) is 0 Å². The van der Waals surface area contributed by atoms with E-state index in [4.69, 9.17) is 28.4 Å². The van der Waals surface area contributed by atoms with Crippen LogP contribution in [-0.2, 0) is 33.2 Å². The minimum absolute atomic E-state index is 0.0340. The van der Waals surface area contributed by atoms with Crippen LogP contribution < -0.4 is 0 Å². The average molecular weight is 843 g/mol. The lowest BCUT2D eigenvalue weighted by Gasteiger charge is -2.72. The highest BCUT2D eigenvalue weighted by Gasteiger charge is 2.74. The number of ether oxygens (including phenoxy) is 6. The third kappa shape index (κ3) is 7.35. The van der Waals surface area contributed by atoms with Crippen molar-refractivity contribution in [3.8, 4) is 0 Å². The molecule has 7 fully saturated rings. The molecule has 0 spiro atoms. The summed E-state index contributed by atoms with van der Waals surface area (Å²) in [4.78, 5) is 11.9. The minimum Gasteiger partial charge on any atom is -0.463 e. The van der Waals surface area contributed by atoms with E-state index in [2.05, 4.69) is 27.7 Å². The van der Waals surface area contributed by atoms with Crippen LogP contribution >= 0.6 is 0 Å². The molecule has 59 heavy (non-hydrogen) atoms. The fraction of sp³-hybridized carbons (Fsp3) is 0.977. The number of hydrogen-bond acceptors (Lipinski definition) is 15. The van der Waals surface area contributed by atoms with Crippen molar-refractivity contribution in [3.63, 3.8) is 0 Å². The van der Waals surface area contributed by atoms with Crippen LogP contribution in [-0.4, -0.2) is 150 Å². The van der Waals surface area contributed by atoms with Crippen LogP contribution in [0.1, 0.15) is 121 Å². The monoisotopic (exact) mass is 843 g/mol. The van der Waals surface area contributed by atoms with E-state index in [1.807, 2.05) is 13.8 Å². The molecule has 4 unspecified atom stereocenters. The highest BCUT2D eigenvalue weighted by atomic mass is 16.8. The molecule has 3 heterocycles. The van der Waals surface area contributed by atoms with Gasteiger partial charge in [-0.25, -0.2) is 0 Å². The molecule has 0 aromatic carbocycles. The van der Waals surface area contributed by atoms with E-state index in [9.17, 15) is 45.6 Å². The van der Waals surface area contributed by atoms with Gasteiger partial charge in [0.25, 0.3) is 0 Å². The Morgan fingerprint density at radius 2 is 1.46 bits per heavy atom. The average Bonchev–Trinajstić information content (AvgIpc) is 3.74. The van der Waals surface area contributed by atoms with Crippen LogP contribution in [0.5, 0.6) is 0 Å². The summed E-state index contributed by atoms with van der Waals surface area (Å²) in [5.41, 5.74) is -3.49. The molecule has 0 radical (unpaired) electrons. The van der Waals surface area contributed by atoms with Crippen molar-refractivity contribution in [2.75, 3.05) is 6.61 Å². The zero-order valence-corrected chi connectivity index (χ0v) is 36.7. The Balaban J connectivity index is 1.27. The molecule has 7 rings (SSSR count). The molecule has 0 aromatic heterocycles. The SMILES string of the molecule is CC(=O)OC[C@H]1O[C@@H](O[C@H]2C[C@]3(C)C(C[C@@H](O)C4C([C@]5(C)CC[C@@H](C(C)(C)O)O5)CC[C@]43C)[C@@]3(C)CC[C@H](O)C(C)(C)C23)[C@H](O[C@@H]2O[C@@H](C)[C@H](O)[C@@H](O)[C@H]2O)[C@@H](O)[C@@H]1O. The normalized spacial score (nSPS) is 54.9. The van der Waals surface area contributed by atoms with E-state index in [0.717, 1.165) is 25.7 Å². The van der Waals surface area contributed by atoms with Gasteiger partial charge in [0.15, 0.2) is 12.6 Å². The van der Waals surface area contributed by atoms with Crippen LogP contribution in [0.15, 0.2) is 0 Å². The van der Waals surface area contributed by atoms with E-state index >= 15 is 0 Å². The van der Waals surface area contributed by atoms with Crippen LogP contribution in [0.25, 0.3) is 0 Å². The van der Waals surface area contributed by atoms with Gasteiger partial charge in [0.1, 0.15) is 49.3 Å². The molecular formula is C44H74O15. The van der Waals surface area contributed by atoms with Crippen LogP contribution in [0, 0.1) is 45.3 Å². The first kappa shape index (κ1) is 46.0. The zero-order chi connectivity index (χ0) is 43.6. The highest BCUT2D eigenvalue weighted by molar-refractivity contribution is 5.65. The van der Waals surface area contributed by atoms with Gasteiger partial charge in [0.2, 0.25) is 0 Å². The summed E-state index contributed by atoms with van der Waals surface area (Å²) in [5.74, 6) is -0.947. The molecule has 15 nitrogen and oxygen atoms in total. The summed E-state index contributed by atoms with van der Waals surface area (Å²) < 4.78 is 37.5. The number of aliphatic hydroxyl groups excluding tert-OH is 7. The van der Waals surface area contributed by atoms with Crippen molar-refractivity contribution >= 4 is 5.97 Å². The molecule has 4 aliphatic carbocycles. The lowest BCUT2D eigenvalue weighted by Crippen LogP contribution is -2.71. The maximum Gasteiger partial charge on any atom is 0.302 e. The third-order valence-corrected chi connectivity index (χ3v) is 17.6. The number of aliphatic hydroxyl groups is 8. The van der Waals surface area contributed by atoms with E-state index in [0.29, 0.717) is 25.7 Å². The summed E-state index contributed by atoms with van der Waals surface area (Å²) in [7, 11) is 0. The molecule has 15 heteroatoms. The zero-order valence-electron chi connectivity index (χ0n) is 36.7. The molecule has 0 aromatic rings. The number of fused-ring (bicyclic) bond motifs is 5. The van der Waals surface area contributed by atoms with Crippen molar-refractivity contribution in [2.24, 2.45) is 45.3 Å². The molecular weight excluding hydrogens is 768 g/mol. The van der Waals surface area contributed by atoms with Crippen molar-refractivity contribution in [1.29, 1.82) is 0 Å². The van der Waals surface area contributed by atoms with Crippen LogP contribution in [0.4, 0.5) is 0 Å². The van der Waals surface area contributed by atoms with Crippen molar-refractivity contribution in [2.45, 2.75) is 218 Å². The van der Waals surface area contributed by atoms with Gasteiger partial charge in [-0.3, -0.25) is 4.79 Å². The Kier molecular flexibility index (Phi) is 12.1. The second kappa shape index (κ2) is 15.6. The topological polar surface area (TPSA) is 234 Å². The Hall–Kier alpha value is -1.05. The van der Waals surface area contributed by atoms with E-state index in [1.165, 1.54) is 13.8 Å². The first-order valence-corrected chi connectivity index (χ1v) is 22.1. The van der Waals surface area contributed by atoms with Crippen molar-refractivity contribution in [1.82, 2.24) is 0 Å². The molecule has 4 saturated carbocycles. The first-order valence-electron chi connectivity index (χ1n) is 22.1. The lowest BCUT2D eigenvalue weighted by molar-refractivity contribution is -0.382. The van der Waals surface area contributed by atoms with Gasteiger partial charge < -0.3 is 69.3 Å². The second-order valence-corrected chi connectivity index (χ2v) is 21.8. The number of carbonyl (C=O) groups excluding carboxylic acids is 1. The number of carbonyl (C=O) groups is 1. The first-order chi connectivity index (χ1) is 27.2. The molecule has 0 amide bonds. The van der Waals surface area contributed by atoms with Gasteiger partial charge in [-0.05, 0) is 124 Å². The number of hydrogen-bond donors (Lipinski definition) is 8. The number of esters is 1. The fourth-order valence-electron chi connectivity index (χ4n) is 14.3. The molecule has 3 saturated heterocycles. The number of rotatable bonds is 8. The van der Waals surface area contributed by atoms with E-state index in [-0.39, 0.29) is 35.2 Å². The molecule has 22 atom stereocenters. The van der Waals surface area contributed by atoms with Crippen LogP contribution in [0.2, 0.25) is 0 Å². The largest absolute Gasteiger partial charge is 0.463 e. The van der Waals surface area contributed by atoms with Crippen molar-refractivity contribution < 1.29 is 74.1 Å². The van der Waals surface area contributed by atoms with Crippen LogP contribution in [0.3, 0.4) is 0 Å². The molecule has 3 aliphatic heterocycles. The lowest BCUT2D eigenvalue weighted by atomic mass is 9.34. The minimum atomic E-state index is -1.72. The maximum absolute atomic E-state index is 12.4. The summed E-state index contributed by atoms with van der Waals surface area (Å²) in [6.07, 6.45) is -11.5. The van der Waals surface area contributed by atoms with Gasteiger partial charge in [-0.1, -0.05) is 34.6 Å². The summed E-state index contributed by atoms with van der Waals surface area (Å²) >= 11 is 0. The van der Waals surface area contributed by atoms with Gasteiger partial charge in [0.05, 0.1) is 41.7 Å². The van der Waals surface area contributed by atoms with Gasteiger partial charge in [-0.15, -0.1) is 0 Å². The molecule has 0 bridgehead atoms. The maximum atomic E-state index is 12.4. The van der Waals surface area contributed by atoms with Crippen molar-refractivity contribution in [3.05, 3.63) is 0 Å². The predicted molar refractivity (Wildman–Crippen MR) is 210 cm³/mol. The standard InChI is InChI=1S/C44H74O15/c1-20-30(48)32(50)34(52)37(55-20)58-35-33(51)31(49)25(19-54-21(2)45)57-38(35)56-24-18-43(9)26(41(7)14-12-27(47)39(3,4)36(24)41)17-23(46)29-22(11-15-42(29,43)8)44(10)16-13-28(59-44)40(5,6)53/h20,22-38,46-53H,11-19H2,1-10H3/t20-,22?,23+,24-,25+,26?,27-,28-,29?,30-,31+,32+,33-,34+,35+,36?,37-,38+,41+,42+,43+,44-/m0/s1. The Morgan fingerprint density at radius 1 is 0.780 bits per heavy atom. The van der Waals surface area contributed by atoms with E-state index in [1.54, 1.807) is 13.8 Å². The van der Waals surface area contributed by atoms with Gasteiger partial charge >= 0.3 is 5.97 Å². The Morgan fingerprint density at radius 3 is 2.08 bits per heavy atom. The summed E-state index contributed by atoms with van der Waals surface area (Å²) in [6.45, 7) is 19.0. The highest BCUT2D eigenvalue weighted by Crippen LogP contribution is 2.76. The van der Waals surface area contributed by atoms with E-state index < -0.39 is 120 Å². The summed E-state index contributed by atoms with van der Waals surface area (Å²) in [5, 5.41) is 90.1. The Bertz CT molecular complexity index is 1540. The quantitative estimate of drug-likeness (QED) is 0.129. The summed E-state index contributed by atoms with van der Waals surface area (Å²) in [6, 6.07) is 0.